The van der Waals surface area contributed by atoms with Gasteiger partial charge in [-0.25, -0.2) is 0 Å². The predicted octanol–water partition coefficient (Wildman–Crippen LogP) is 1.88. The van der Waals surface area contributed by atoms with E-state index in [0.717, 1.165) is 30.4 Å². The molecule has 4 N–H and O–H groups in total. The molecule has 1 aromatic rings. The summed E-state index contributed by atoms with van der Waals surface area (Å²) in [6.45, 7) is 2.19. The zero-order chi connectivity index (χ0) is 18.2. The number of rotatable bonds is 3. The predicted molar refractivity (Wildman–Crippen MR) is 95.0 cm³/mol. The number of benzene rings is 1. The zero-order valence-corrected chi connectivity index (χ0v) is 14.6. The van der Waals surface area contributed by atoms with Crippen LogP contribution in [0.3, 0.4) is 0 Å². The minimum Gasteiger partial charge on any atom is -0.322 e. The van der Waals surface area contributed by atoms with E-state index in [1.807, 2.05) is 12.1 Å². The van der Waals surface area contributed by atoms with Crippen molar-refractivity contribution in [3.05, 3.63) is 41.0 Å². The monoisotopic (exact) mass is 353 g/mol. The molecule has 132 valence electrons. The Bertz CT molecular complexity index is 719. The second kappa shape index (κ2) is 9.19. The number of carbonyl (C=O) groups excluding carboxylic acids is 1. The Morgan fingerprint density at radius 3 is 2.67 bits per heavy atom. The first kappa shape index (κ1) is 19.9. The van der Waals surface area contributed by atoms with Crippen LogP contribution in [0.25, 0.3) is 6.08 Å². The molecule has 1 unspecified atom stereocenters. The van der Waals surface area contributed by atoms with E-state index in [-0.39, 0.29) is 5.91 Å². The van der Waals surface area contributed by atoms with Crippen LogP contribution in [0.15, 0.2) is 34.9 Å². The van der Waals surface area contributed by atoms with Gasteiger partial charge in [-0.2, -0.15) is 13.5 Å². The second-order valence-corrected chi connectivity index (χ2v) is 6.89. The van der Waals surface area contributed by atoms with Crippen LogP contribution < -0.4 is 11.2 Å². The lowest BCUT2D eigenvalue weighted by atomic mass is 9.90. The molecule has 8 heteroatoms. The van der Waals surface area contributed by atoms with Crippen LogP contribution in [-0.2, 0) is 14.9 Å². The summed E-state index contributed by atoms with van der Waals surface area (Å²) in [4.78, 5) is 12.0. The van der Waals surface area contributed by atoms with E-state index < -0.39 is 10.1 Å². The molecule has 1 amide bonds. The standard InChI is InChI=1S/C15H19N3O.CH4O3S/c1-2-11-7-8-13(15(19)17-10-18-16)9-12-5-3-4-6-14(11)12;1-5(2,3)4/h3-6,9-11H,2,7-8,16H2,1H3,(H,17,18,19);1H3,(H,2,3,4). The van der Waals surface area contributed by atoms with E-state index >= 15 is 0 Å². The molecule has 0 saturated heterocycles. The van der Waals surface area contributed by atoms with E-state index in [9.17, 15) is 13.2 Å². The summed E-state index contributed by atoms with van der Waals surface area (Å²) in [5, 5.41) is 5.85. The molecular weight excluding hydrogens is 330 g/mol. The van der Waals surface area contributed by atoms with Gasteiger partial charge >= 0.3 is 0 Å². The van der Waals surface area contributed by atoms with Gasteiger partial charge in [0.15, 0.2) is 0 Å². The van der Waals surface area contributed by atoms with Gasteiger partial charge in [0.05, 0.1) is 6.26 Å². The second-order valence-electron chi connectivity index (χ2n) is 5.43. The van der Waals surface area contributed by atoms with Crippen LogP contribution in [0.2, 0.25) is 0 Å². The van der Waals surface area contributed by atoms with E-state index in [2.05, 4.69) is 35.5 Å². The van der Waals surface area contributed by atoms with E-state index in [1.165, 1.54) is 11.9 Å². The topological polar surface area (TPSA) is 122 Å². The molecule has 1 aliphatic rings. The van der Waals surface area contributed by atoms with Gasteiger partial charge in [0.1, 0.15) is 6.34 Å². The highest BCUT2D eigenvalue weighted by atomic mass is 32.2. The van der Waals surface area contributed by atoms with Crippen molar-refractivity contribution in [3.63, 3.8) is 0 Å². The Labute approximate surface area is 142 Å². The summed E-state index contributed by atoms with van der Waals surface area (Å²) in [5.41, 5.74) is 3.25. The lowest BCUT2D eigenvalue weighted by Gasteiger charge is -2.14. The van der Waals surface area contributed by atoms with Gasteiger partial charge in [-0.3, -0.25) is 9.35 Å². The van der Waals surface area contributed by atoms with Crippen molar-refractivity contribution >= 4 is 28.4 Å². The highest BCUT2D eigenvalue weighted by molar-refractivity contribution is 7.85. The number of nitrogens with one attached hydrogen (secondary N) is 1. The number of carbonyl (C=O) groups is 1. The van der Waals surface area contributed by atoms with Crippen LogP contribution in [0.4, 0.5) is 0 Å². The zero-order valence-electron chi connectivity index (χ0n) is 13.8. The third-order valence-electron chi connectivity index (χ3n) is 3.58. The van der Waals surface area contributed by atoms with Crippen molar-refractivity contribution in [2.24, 2.45) is 10.9 Å². The summed E-state index contributed by atoms with van der Waals surface area (Å²) < 4.78 is 25.9. The smallest absolute Gasteiger partial charge is 0.261 e. The third-order valence-corrected chi connectivity index (χ3v) is 3.58. The van der Waals surface area contributed by atoms with Crippen molar-refractivity contribution in [1.82, 2.24) is 5.32 Å². The van der Waals surface area contributed by atoms with Crippen LogP contribution in [0.1, 0.15) is 43.2 Å². The molecule has 0 bridgehead atoms. The van der Waals surface area contributed by atoms with Crippen LogP contribution in [0.5, 0.6) is 0 Å². The molecule has 0 heterocycles. The first-order chi connectivity index (χ1) is 11.3. The van der Waals surface area contributed by atoms with Gasteiger partial charge < -0.3 is 11.2 Å². The minimum absolute atomic E-state index is 0.124. The van der Waals surface area contributed by atoms with Crippen LogP contribution >= 0.6 is 0 Å². The number of hydrogen-bond donors (Lipinski definition) is 3. The summed E-state index contributed by atoms with van der Waals surface area (Å²) >= 11 is 0. The number of hydrogen-bond acceptors (Lipinski definition) is 5. The van der Waals surface area contributed by atoms with Gasteiger partial charge in [0.2, 0.25) is 0 Å². The van der Waals surface area contributed by atoms with Crippen molar-refractivity contribution in [3.8, 4) is 0 Å². The molecule has 0 saturated carbocycles. The van der Waals surface area contributed by atoms with E-state index in [0.29, 0.717) is 12.2 Å². The fourth-order valence-corrected chi connectivity index (χ4v) is 2.55. The third kappa shape index (κ3) is 6.93. The largest absolute Gasteiger partial charge is 0.322 e. The van der Waals surface area contributed by atoms with Gasteiger partial charge in [0, 0.05) is 5.57 Å². The first-order valence-corrected chi connectivity index (χ1v) is 9.35. The van der Waals surface area contributed by atoms with Gasteiger partial charge in [0.25, 0.3) is 16.0 Å². The molecule has 7 nitrogen and oxygen atoms in total. The molecule has 2 rings (SSSR count). The maximum Gasteiger partial charge on any atom is 0.261 e. The van der Waals surface area contributed by atoms with Crippen molar-refractivity contribution in [1.29, 1.82) is 0 Å². The fourth-order valence-electron chi connectivity index (χ4n) is 2.55. The number of nitrogens with two attached hydrogens (primary N) is 1. The molecule has 0 fully saturated rings. The SMILES string of the molecule is CCC1CCC(C(=O)NC=NN)=Cc2ccccc21.CS(=O)(=O)O. The molecule has 1 atom stereocenters. The van der Waals surface area contributed by atoms with Gasteiger partial charge in [-0.05, 0) is 42.4 Å². The number of fused-ring (bicyclic) bond motifs is 1. The first-order valence-electron chi connectivity index (χ1n) is 7.50. The molecule has 0 radical (unpaired) electrons. The van der Waals surface area contributed by atoms with Crippen LogP contribution in [-0.4, -0.2) is 31.5 Å². The summed E-state index contributed by atoms with van der Waals surface area (Å²) in [6.07, 6.45) is 6.77. The highest BCUT2D eigenvalue weighted by Gasteiger charge is 2.19. The Hall–Kier alpha value is -2.19. The molecule has 0 aromatic heterocycles. The molecule has 1 aromatic carbocycles. The molecular formula is C16H23N3O4S. The van der Waals surface area contributed by atoms with Crippen molar-refractivity contribution < 1.29 is 17.8 Å². The van der Waals surface area contributed by atoms with E-state index in [1.54, 1.807) is 0 Å². The number of hydrazone groups is 1. The van der Waals surface area contributed by atoms with Crippen molar-refractivity contribution in [2.75, 3.05) is 6.26 Å². The Morgan fingerprint density at radius 1 is 1.46 bits per heavy atom. The molecule has 0 spiro atoms. The summed E-state index contributed by atoms with van der Waals surface area (Å²) in [6, 6.07) is 8.28. The lowest BCUT2D eigenvalue weighted by Crippen LogP contribution is -2.23. The van der Waals surface area contributed by atoms with E-state index in [4.69, 9.17) is 10.4 Å². The molecule has 0 aliphatic heterocycles. The average molecular weight is 353 g/mol. The summed E-state index contributed by atoms with van der Waals surface area (Å²) in [5.74, 6) is 5.38. The maximum atomic E-state index is 12.0. The average Bonchev–Trinajstić information content (AvgIpc) is 2.70. The van der Waals surface area contributed by atoms with Gasteiger partial charge in [-0.15, -0.1) is 0 Å². The number of nitrogens with zero attached hydrogens (tertiary/aromatic N) is 1. The number of amides is 1. The van der Waals surface area contributed by atoms with Crippen LogP contribution in [0, 0.1) is 0 Å². The quantitative estimate of drug-likeness (QED) is 0.252. The highest BCUT2D eigenvalue weighted by Crippen LogP contribution is 2.33. The minimum atomic E-state index is -3.67. The summed E-state index contributed by atoms with van der Waals surface area (Å²) in [7, 11) is -3.67. The lowest BCUT2D eigenvalue weighted by molar-refractivity contribution is -0.116. The Kier molecular flexibility index (Phi) is 7.60. The molecule has 1 aliphatic carbocycles. The Balaban J connectivity index is 0.000000505. The fraction of sp³-hybridized carbons (Fsp3) is 0.375. The van der Waals surface area contributed by atoms with Crippen molar-refractivity contribution in [2.45, 2.75) is 32.1 Å². The Morgan fingerprint density at radius 2 is 2.08 bits per heavy atom. The molecule has 24 heavy (non-hydrogen) atoms. The maximum absolute atomic E-state index is 12.0. The van der Waals surface area contributed by atoms with Gasteiger partial charge in [-0.1, -0.05) is 31.2 Å². The normalized spacial score (nSPS) is 17.1.